The van der Waals surface area contributed by atoms with Gasteiger partial charge >= 0.3 is 0 Å². The van der Waals surface area contributed by atoms with Gasteiger partial charge < -0.3 is 15.5 Å². The molecule has 0 spiro atoms. The molecular weight excluding hydrogens is 250 g/mol. The third-order valence-corrected chi connectivity index (χ3v) is 3.83. The molecule has 2 heterocycles. The number of rotatable bonds is 3. The molecule has 2 amide bonds. The van der Waals surface area contributed by atoms with Crippen LogP contribution in [0.15, 0.2) is 12.1 Å². The highest BCUT2D eigenvalue weighted by molar-refractivity contribution is 7.13. The van der Waals surface area contributed by atoms with Crippen LogP contribution in [0.4, 0.5) is 0 Å². The predicted molar refractivity (Wildman–Crippen MR) is 70.8 cm³/mol. The van der Waals surface area contributed by atoms with E-state index in [1.54, 1.807) is 11.0 Å². The highest BCUT2D eigenvalue weighted by atomic mass is 32.1. The Morgan fingerprint density at radius 3 is 2.72 bits per heavy atom. The van der Waals surface area contributed by atoms with Gasteiger partial charge in [0.15, 0.2) is 0 Å². The van der Waals surface area contributed by atoms with Crippen molar-refractivity contribution in [2.45, 2.75) is 6.92 Å². The summed E-state index contributed by atoms with van der Waals surface area (Å²) in [7, 11) is 0. The van der Waals surface area contributed by atoms with Gasteiger partial charge in [-0.2, -0.15) is 0 Å². The monoisotopic (exact) mass is 267 g/mol. The molecule has 5 nitrogen and oxygen atoms in total. The number of thiophene rings is 1. The van der Waals surface area contributed by atoms with Crippen molar-refractivity contribution in [1.82, 2.24) is 15.5 Å². The van der Waals surface area contributed by atoms with E-state index in [4.69, 9.17) is 0 Å². The zero-order valence-electron chi connectivity index (χ0n) is 10.4. The molecule has 1 aromatic rings. The summed E-state index contributed by atoms with van der Waals surface area (Å²) in [6.07, 6.45) is 0. The van der Waals surface area contributed by atoms with Gasteiger partial charge in [0.05, 0.1) is 11.4 Å². The van der Waals surface area contributed by atoms with Crippen molar-refractivity contribution in [3.63, 3.8) is 0 Å². The molecule has 1 saturated heterocycles. The summed E-state index contributed by atoms with van der Waals surface area (Å²) in [6, 6.07) is 3.68. The Morgan fingerprint density at radius 1 is 1.39 bits per heavy atom. The summed E-state index contributed by atoms with van der Waals surface area (Å²) in [4.78, 5) is 27.1. The molecule has 0 radical (unpaired) electrons. The summed E-state index contributed by atoms with van der Waals surface area (Å²) in [5.41, 5.74) is 0. The summed E-state index contributed by atoms with van der Waals surface area (Å²) in [5.74, 6) is -0.185. The average Bonchev–Trinajstić information content (AvgIpc) is 2.83. The number of nitrogens with one attached hydrogen (secondary N) is 2. The Hall–Kier alpha value is -1.40. The Balaban J connectivity index is 1.80. The van der Waals surface area contributed by atoms with Crippen LogP contribution in [0.5, 0.6) is 0 Å². The van der Waals surface area contributed by atoms with Crippen molar-refractivity contribution in [2.75, 3.05) is 32.7 Å². The van der Waals surface area contributed by atoms with E-state index in [1.807, 2.05) is 13.0 Å². The maximum absolute atomic E-state index is 11.8. The molecule has 2 N–H and O–H groups in total. The molecule has 0 unspecified atom stereocenters. The minimum absolute atomic E-state index is 0.0156. The third-order valence-electron chi connectivity index (χ3n) is 2.83. The molecular formula is C12H17N3O2S. The number of aryl methyl sites for hydroxylation is 1. The number of nitrogens with zero attached hydrogens (tertiary/aromatic N) is 1. The maximum atomic E-state index is 11.8. The molecule has 1 aliphatic heterocycles. The minimum atomic E-state index is -0.170. The van der Waals surface area contributed by atoms with Crippen molar-refractivity contribution in [3.05, 3.63) is 21.9 Å². The van der Waals surface area contributed by atoms with E-state index in [-0.39, 0.29) is 18.4 Å². The van der Waals surface area contributed by atoms with Gasteiger partial charge in [0.1, 0.15) is 0 Å². The fourth-order valence-electron chi connectivity index (χ4n) is 1.83. The number of hydrogen-bond donors (Lipinski definition) is 2. The second-order valence-corrected chi connectivity index (χ2v) is 5.51. The van der Waals surface area contributed by atoms with Gasteiger partial charge in [0.2, 0.25) is 5.91 Å². The first-order valence-electron chi connectivity index (χ1n) is 6.00. The lowest BCUT2D eigenvalue weighted by Gasteiger charge is -2.27. The summed E-state index contributed by atoms with van der Waals surface area (Å²) < 4.78 is 0. The molecule has 0 aliphatic carbocycles. The second kappa shape index (κ2) is 5.97. The summed E-state index contributed by atoms with van der Waals surface area (Å²) >= 11 is 1.44. The Bertz CT molecular complexity index is 438. The maximum Gasteiger partial charge on any atom is 0.261 e. The molecule has 0 aromatic carbocycles. The third kappa shape index (κ3) is 3.30. The second-order valence-electron chi connectivity index (χ2n) is 4.22. The van der Waals surface area contributed by atoms with Gasteiger partial charge in [-0.15, -0.1) is 11.3 Å². The molecule has 6 heteroatoms. The first-order chi connectivity index (χ1) is 8.66. The molecule has 18 heavy (non-hydrogen) atoms. The van der Waals surface area contributed by atoms with Gasteiger partial charge in [0.25, 0.3) is 5.91 Å². The molecule has 2 rings (SSSR count). The van der Waals surface area contributed by atoms with E-state index in [0.717, 1.165) is 18.0 Å². The molecule has 0 atom stereocenters. The quantitative estimate of drug-likeness (QED) is 0.823. The fraction of sp³-hybridized carbons (Fsp3) is 0.500. The van der Waals surface area contributed by atoms with Crippen LogP contribution in [0.25, 0.3) is 0 Å². The number of hydrogen-bond acceptors (Lipinski definition) is 4. The van der Waals surface area contributed by atoms with E-state index in [0.29, 0.717) is 18.0 Å². The smallest absolute Gasteiger partial charge is 0.261 e. The van der Waals surface area contributed by atoms with E-state index >= 15 is 0 Å². The molecule has 1 aliphatic rings. The number of amides is 2. The number of piperazine rings is 1. The summed E-state index contributed by atoms with van der Waals surface area (Å²) in [6.45, 7) is 5.11. The Labute approximate surface area is 110 Å². The fourth-order valence-corrected chi connectivity index (χ4v) is 2.61. The average molecular weight is 267 g/mol. The predicted octanol–water partition coefficient (Wildman–Crippen LogP) is 0.218. The number of carbonyl (C=O) groups excluding carboxylic acids is 2. The standard InChI is InChI=1S/C12H17N3O2S/c1-9-2-3-10(18-9)12(17)14-8-11(16)15-6-4-13-5-7-15/h2-3,13H,4-8H2,1H3,(H,14,17). The van der Waals surface area contributed by atoms with E-state index in [1.165, 1.54) is 11.3 Å². The lowest BCUT2D eigenvalue weighted by molar-refractivity contribution is -0.130. The van der Waals surface area contributed by atoms with Gasteiger partial charge in [0, 0.05) is 31.1 Å². The van der Waals surface area contributed by atoms with Crippen molar-refractivity contribution in [3.8, 4) is 0 Å². The number of carbonyl (C=O) groups is 2. The molecule has 0 bridgehead atoms. The van der Waals surface area contributed by atoms with Crippen LogP contribution in [-0.2, 0) is 4.79 Å². The lowest BCUT2D eigenvalue weighted by Crippen LogP contribution is -2.49. The van der Waals surface area contributed by atoms with Gasteiger partial charge in [-0.05, 0) is 19.1 Å². The largest absolute Gasteiger partial charge is 0.342 e. The first-order valence-corrected chi connectivity index (χ1v) is 6.81. The molecule has 98 valence electrons. The molecule has 0 saturated carbocycles. The van der Waals surface area contributed by atoms with Gasteiger partial charge in [-0.25, -0.2) is 0 Å². The zero-order valence-corrected chi connectivity index (χ0v) is 11.2. The highest BCUT2D eigenvalue weighted by Crippen LogP contribution is 2.14. The van der Waals surface area contributed by atoms with E-state index < -0.39 is 0 Å². The van der Waals surface area contributed by atoms with Gasteiger partial charge in [-0.1, -0.05) is 0 Å². The van der Waals surface area contributed by atoms with Gasteiger partial charge in [-0.3, -0.25) is 9.59 Å². The van der Waals surface area contributed by atoms with E-state index in [2.05, 4.69) is 10.6 Å². The van der Waals surface area contributed by atoms with Crippen molar-refractivity contribution >= 4 is 23.2 Å². The van der Waals surface area contributed by atoms with Crippen LogP contribution in [0, 0.1) is 6.92 Å². The summed E-state index contributed by atoms with van der Waals surface area (Å²) in [5, 5.41) is 5.85. The van der Waals surface area contributed by atoms with Crippen molar-refractivity contribution in [1.29, 1.82) is 0 Å². The zero-order chi connectivity index (χ0) is 13.0. The topological polar surface area (TPSA) is 61.4 Å². The lowest BCUT2D eigenvalue weighted by atomic mass is 10.3. The van der Waals surface area contributed by atoms with E-state index in [9.17, 15) is 9.59 Å². The van der Waals surface area contributed by atoms with Crippen molar-refractivity contribution in [2.24, 2.45) is 0 Å². The van der Waals surface area contributed by atoms with Crippen LogP contribution < -0.4 is 10.6 Å². The SMILES string of the molecule is Cc1ccc(C(=O)NCC(=O)N2CCNCC2)s1. The van der Waals surface area contributed by atoms with Crippen molar-refractivity contribution < 1.29 is 9.59 Å². The highest BCUT2D eigenvalue weighted by Gasteiger charge is 2.17. The minimum Gasteiger partial charge on any atom is -0.342 e. The normalized spacial score (nSPS) is 15.5. The first kappa shape index (κ1) is 13.0. The molecule has 1 aromatic heterocycles. The Kier molecular flexibility index (Phi) is 4.33. The molecule has 1 fully saturated rings. The van der Waals surface area contributed by atoms with Crippen LogP contribution in [-0.4, -0.2) is 49.4 Å². The van der Waals surface area contributed by atoms with Crippen LogP contribution >= 0.6 is 11.3 Å². The van der Waals surface area contributed by atoms with Crippen LogP contribution in [0.1, 0.15) is 14.5 Å². The van der Waals surface area contributed by atoms with Crippen LogP contribution in [0.3, 0.4) is 0 Å². The Morgan fingerprint density at radius 2 is 2.11 bits per heavy atom. The van der Waals surface area contributed by atoms with Crippen LogP contribution in [0.2, 0.25) is 0 Å².